The molecule has 0 aromatic heterocycles. The van der Waals surface area contributed by atoms with Crippen LogP contribution in [0.5, 0.6) is 5.75 Å². The maximum absolute atomic E-state index is 5.86. The first kappa shape index (κ1) is 11.4. The van der Waals surface area contributed by atoms with Crippen LogP contribution in [0.25, 0.3) is 0 Å². The number of hydrogen-bond donors (Lipinski definition) is 0. The van der Waals surface area contributed by atoms with Gasteiger partial charge in [0.15, 0.2) is 5.79 Å². The fraction of sp³-hybridized carbons (Fsp3) is 0.538. The highest BCUT2D eigenvalue weighted by Crippen LogP contribution is 2.38. The second-order valence-corrected chi connectivity index (χ2v) is 4.53. The highest BCUT2D eigenvalue weighted by molar-refractivity contribution is 5.29. The lowest BCUT2D eigenvalue weighted by Crippen LogP contribution is -2.20. The van der Waals surface area contributed by atoms with Crippen LogP contribution in [-0.4, -0.2) is 19.0 Å². The molecule has 0 spiro atoms. The zero-order valence-corrected chi connectivity index (χ0v) is 10.2. The average molecular weight is 222 g/mol. The molecule has 1 saturated heterocycles. The minimum Gasteiger partial charge on any atom is -0.497 e. The van der Waals surface area contributed by atoms with E-state index in [2.05, 4.69) is 0 Å². The van der Waals surface area contributed by atoms with Crippen LogP contribution in [0.1, 0.15) is 32.4 Å². The Morgan fingerprint density at radius 3 is 2.19 bits per heavy atom. The summed E-state index contributed by atoms with van der Waals surface area (Å²) in [5.41, 5.74) is 1.12. The van der Waals surface area contributed by atoms with E-state index in [4.69, 9.17) is 14.2 Å². The monoisotopic (exact) mass is 222 g/mol. The minimum atomic E-state index is -0.496. The number of hydrogen-bond acceptors (Lipinski definition) is 3. The van der Waals surface area contributed by atoms with Crippen molar-refractivity contribution in [1.29, 1.82) is 0 Å². The van der Waals surface area contributed by atoms with E-state index >= 15 is 0 Å². The van der Waals surface area contributed by atoms with Gasteiger partial charge in [-0.25, -0.2) is 0 Å². The summed E-state index contributed by atoms with van der Waals surface area (Å²) in [7, 11) is 1.66. The number of methoxy groups -OCH3 is 1. The lowest BCUT2D eigenvalue weighted by atomic mass is 10.1. The van der Waals surface area contributed by atoms with E-state index in [1.807, 2.05) is 45.0 Å². The molecule has 0 N–H and O–H groups in total. The third kappa shape index (κ3) is 2.20. The largest absolute Gasteiger partial charge is 0.497 e. The maximum atomic E-state index is 5.86. The Hall–Kier alpha value is -1.06. The van der Waals surface area contributed by atoms with E-state index in [9.17, 15) is 0 Å². The van der Waals surface area contributed by atoms with Gasteiger partial charge in [-0.1, -0.05) is 12.1 Å². The van der Waals surface area contributed by atoms with Crippen molar-refractivity contribution in [2.45, 2.75) is 38.8 Å². The first-order valence-electron chi connectivity index (χ1n) is 5.51. The summed E-state index contributed by atoms with van der Waals surface area (Å²) in [4.78, 5) is 0. The smallest absolute Gasteiger partial charge is 0.164 e. The molecule has 1 aliphatic heterocycles. The molecule has 0 amide bonds. The predicted octanol–water partition coefficient (Wildman–Crippen LogP) is 2.91. The Morgan fingerprint density at radius 2 is 1.75 bits per heavy atom. The van der Waals surface area contributed by atoms with Gasteiger partial charge in [0.25, 0.3) is 0 Å². The number of rotatable bonds is 2. The zero-order chi connectivity index (χ0) is 11.8. The fourth-order valence-corrected chi connectivity index (χ4v) is 2.07. The van der Waals surface area contributed by atoms with Crippen LogP contribution in [0, 0.1) is 0 Å². The molecular formula is C13H18O3. The molecule has 2 atom stereocenters. The Kier molecular flexibility index (Phi) is 2.91. The second kappa shape index (κ2) is 4.07. The van der Waals surface area contributed by atoms with Crippen molar-refractivity contribution < 1.29 is 14.2 Å². The SMILES string of the molecule is COc1ccc(C2OC(C)(C)OC2C)cc1. The summed E-state index contributed by atoms with van der Waals surface area (Å²) in [6, 6.07) is 7.92. The van der Waals surface area contributed by atoms with Crippen LogP contribution in [0.4, 0.5) is 0 Å². The first-order valence-corrected chi connectivity index (χ1v) is 5.51. The van der Waals surface area contributed by atoms with Crippen molar-refractivity contribution in [1.82, 2.24) is 0 Å². The van der Waals surface area contributed by atoms with E-state index in [1.54, 1.807) is 7.11 Å². The molecule has 1 aliphatic rings. The molecule has 3 heteroatoms. The van der Waals surface area contributed by atoms with Crippen LogP contribution >= 0.6 is 0 Å². The molecule has 1 aromatic rings. The van der Waals surface area contributed by atoms with Crippen LogP contribution in [0.2, 0.25) is 0 Å². The molecule has 2 rings (SSSR count). The van der Waals surface area contributed by atoms with E-state index in [0.717, 1.165) is 11.3 Å². The van der Waals surface area contributed by atoms with Gasteiger partial charge in [0.2, 0.25) is 0 Å². The normalized spacial score (nSPS) is 28.0. The first-order chi connectivity index (χ1) is 7.52. The standard InChI is InChI=1S/C13H18O3/c1-9-12(16-13(2,3)15-9)10-5-7-11(14-4)8-6-10/h5-9,12H,1-4H3. The fourth-order valence-electron chi connectivity index (χ4n) is 2.07. The Morgan fingerprint density at radius 1 is 1.12 bits per heavy atom. The highest BCUT2D eigenvalue weighted by Gasteiger charge is 2.39. The van der Waals surface area contributed by atoms with Gasteiger partial charge in [0.05, 0.1) is 13.2 Å². The van der Waals surface area contributed by atoms with Gasteiger partial charge in [0.1, 0.15) is 11.9 Å². The van der Waals surface area contributed by atoms with E-state index in [0.29, 0.717) is 0 Å². The van der Waals surface area contributed by atoms with E-state index < -0.39 is 5.79 Å². The summed E-state index contributed by atoms with van der Waals surface area (Å²) in [6.45, 7) is 5.91. The molecule has 0 aliphatic carbocycles. The molecule has 1 heterocycles. The molecule has 88 valence electrons. The van der Waals surface area contributed by atoms with E-state index in [-0.39, 0.29) is 12.2 Å². The number of ether oxygens (including phenoxy) is 3. The van der Waals surface area contributed by atoms with Crippen LogP contribution in [-0.2, 0) is 9.47 Å². The number of benzene rings is 1. The lowest BCUT2D eigenvalue weighted by molar-refractivity contribution is -0.145. The Bertz CT molecular complexity index is 356. The Labute approximate surface area is 96.3 Å². The maximum Gasteiger partial charge on any atom is 0.164 e. The summed E-state index contributed by atoms with van der Waals surface area (Å²) in [5, 5.41) is 0. The molecule has 0 saturated carbocycles. The van der Waals surface area contributed by atoms with Crippen molar-refractivity contribution in [2.24, 2.45) is 0 Å². The van der Waals surface area contributed by atoms with Crippen LogP contribution < -0.4 is 4.74 Å². The molecule has 0 bridgehead atoms. The van der Waals surface area contributed by atoms with Gasteiger partial charge >= 0.3 is 0 Å². The molecule has 1 fully saturated rings. The molecule has 2 unspecified atom stereocenters. The summed E-state index contributed by atoms with van der Waals surface area (Å²) in [5.74, 6) is 0.360. The van der Waals surface area contributed by atoms with Crippen LogP contribution in [0.3, 0.4) is 0 Å². The Balaban J connectivity index is 2.18. The van der Waals surface area contributed by atoms with Crippen molar-refractivity contribution in [3.05, 3.63) is 29.8 Å². The lowest BCUT2D eigenvalue weighted by Gasteiger charge is -2.17. The highest BCUT2D eigenvalue weighted by atomic mass is 16.7. The van der Waals surface area contributed by atoms with Crippen molar-refractivity contribution in [2.75, 3.05) is 7.11 Å². The van der Waals surface area contributed by atoms with E-state index in [1.165, 1.54) is 0 Å². The summed E-state index contributed by atoms with van der Waals surface area (Å²) < 4.78 is 16.7. The van der Waals surface area contributed by atoms with Crippen molar-refractivity contribution >= 4 is 0 Å². The predicted molar refractivity (Wildman–Crippen MR) is 61.4 cm³/mol. The molecule has 16 heavy (non-hydrogen) atoms. The summed E-state index contributed by atoms with van der Waals surface area (Å²) >= 11 is 0. The van der Waals surface area contributed by atoms with Gasteiger partial charge in [-0.15, -0.1) is 0 Å². The molecule has 0 radical (unpaired) electrons. The molecular weight excluding hydrogens is 204 g/mol. The molecule has 3 nitrogen and oxygen atoms in total. The van der Waals surface area contributed by atoms with Crippen LogP contribution in [0.15, 0.2) is 24.3 Å². The average Bonchev–Trinajstić information content (AvgIpc) is 2.52. The minimum absolute atomic E-state index is 0.000839. The third-order valence-corrected chi connectivity index (χ3v) is 2.75. The molecule has 1 aromatic carbocycles. The van der Waals surface area contributed by atoms with Gasteiger partial charge in [-0.2, -0.15) is 0 Å². The van der Waals surface area contributed by atoms with Crippen molar-refractivity contribution in [3.8, 4) is 5.75 Å². The quantitative estimate of drug-likeness (QED) is 0.770. The van der Waals surface area contributed by atoms with Gasteiger partial charge in [-0.05, 0) is 38.5 Å². The van der Waals surface area contributed by atoms with Gasteiger partial charge < -0.3 is 14.2 Å². The third-order valence-electron chi connectivity index (χ3n) is 2.75. The van der Waals surface area contributed by atoms with Crippen molar-refractivity contribution in [3.63, 3.8) is 0 Å². The van der Waals surface area contributed by atoms with Gasteiger partial charge in [-0.3, -0.25) is 0 Å². The topological polar surface area (TPSA) is 27.7 Å². The summed E-state index contributed by atoms with van der Waals surface area (Å²) in [6.07, 6.45) is 0.0734. The second-order valence-electron chi connectivity index (χ2n) is 4.53. The van der Waals surface area contributed by atoms with Gasteiger partial charge in [0, 0.05) is 0 Å². The zero-order valence-electron chi connectivity index (χ0n) is 10.2.